The molecule has 0 spiro atoms. The number of para-hydroxylation sites is 1. The minimum Gasteiger partial charge on any atom is -0.427 e. The summed E-state index contributed by atoms with van der Waals surface area (Å²) in [5.41, 5.74) is 0.240. The third kappa shape index (κ3) is 8.45. The van der Waals surface area contributed by atoms with E-state index in [1.165, 1.54) is 79.1 Å². The number of ether oxygens (including phenoxy) is 1. The second-order valence-corrected chi connectivity index (χ2v) is 15.3. The number of hydrogen-bond donors (Lipinski definition) is 1. The van der Waals surface area contributed by atoms with Crippen molar-refractivity contribution >= 4 is 79.1 Å². The summed E-state index contributed by atoms with van der Waals surface area (Å²) in [5, 5.41) is 0.722. The van der Waals surface area contributed by atoms with E-state index < -0.39 is 33.7 Å². The Labute approximate surface area is 306 Å². The number of aromatic nitrogens is 2. The Bertz CT molecular complexity index is 2070. The molecule has 1 N–H and O–H groups in total. The molecular formula is C36H39Cl3N4O6S. The van der Waals surface area contributed by atoms with Gasteiger partial charge in [0.15, 0.2) is 5.82 Å². The average Bonchev–Trinajstić information content (AvgIpc) is 3.36. The van der Waals surface area contributed by atoms with Gasteiger partial charge in [-0.3, -0.25) is 18.9 Å². The molecular weight excluding hydrogens is 723 g/mol. The van der Waals surface area contributed by atoms with Crippen molar-refractivity contribution < 1.29 is 22.7 Å². The molecule has 0 aliphatic carbocycles. The smallest absolute Gasteiger partial charge is 0.422 e. The van der Waals surface area contributed by atoms with Crippen molar-refractivity contribution in [1.82, 2.24) is 9.55 Å². The molecule has 1 saturated heterocycles. The molecule has 1 aliphatic rings. The SMILES string of the molecule is CCCCCCCCCCCCn1c(C2OC(=O)N(c3cc(S(=O)(=O)Nc4ccccc4Cl)ccc3C)C2=O)nc2c(Cl)cc(Cl)cc2c1=O. The van der Waals surface area contributed by atoms with Gasteiger partial charge >= 0.3 is 6.09 Å². The second-order valence-electron chi connectivity index (χ2n) is 12.4. The Balaban J connectivity index is 1.42. The Hall–Kier alpha value is -3.64. The van der Waals surface area contributed by atoms with Crippen molar-refractivity contribution in [3.63, 3.8) is 0 Å². The minimum atomic E-state index is -4.18. The molecule has 50 heavy (non-hydrogen) atoms. The van der Waals surface area contributed by atoms with Crippen LogP contribution in [0.2, 0.25) is 15.1 Å². The molecule has 266 valence electrons. The fourth-order valence-corrected chi connectivity index (χ4v) is 7.85. The van der Waals surface area contributed by atoms with E-state index in [0.717, 1.165) is 30.6 Å². The number of amides is 2. The number of cyclic esters (lactones) is 1. The molecule has 1 fully saturated rings. The number of nitrogens with zero attached hydrogens (tertiary/aromatic N) is 3. The molecule has 0 bridgehead atoms. The maximum atomic E-state index is 14.0. The number of sulfonamides is 1. The van der Waals surface area contributed by atoms with Crippen LogP contribution in [0.1, 0.15) is 88.6 Å². The van der Waals surface area contributed by atoms with Gasteiger partial charge < -0.3 is 4.74 Å². The van der Waals surface area contributed by atoms with Gasteiger partial charge in [0, 0.05) is 11.6 Å². The number of imide groups is 1. The summed E-state index contributed by atoms with van der Waals surface area (Å²) in [6.45, 7) is 4.05. The fraction of sp³-hybridized carbons (Fsp3) is 0.389. The molecule has 1 atom stereocenters. The number of aryl methyl sites for hydroxylation is 1. The van der Waals surface area contributed by atoms with Crippen LogP contribution in [0.25, 0.3) is 10.9 Å². The van der Waals surface area contributed by atoms with Crippen molar-refractivity contribution in [2.45, 2.75) is 95.6 Å². The average molecular weight is 762 g/mol. The normalized spacial score (nSPS) is 14.8. The van der Waals surface area contributed by atoms with Gasteiger partial charge in [-0.2, -0.15) is 0 Å². The zero-order valence-corrected chi connectivity index (χ0v) is 31.0. The third-order valence-corrected chi connectivity index (χ3v) is 10.9. The molecule has 0 saturated carbocycles. The number of carbonyl (C=O) groups is 2. The van der Waals surface area contributed by atoms with Crippen molar-refractivity contribution in [2.75, 3.05) is 9.62 Å². The molecule has 1 aliphatic heterocycles. The van der Waals surface area contributed by atoms with Gasteiger partial charge in [0.25, 0.3) is 21.5 Å². The molecule has 2 heterocycles. The van der Waals surface area contributed by atoms with Crippen LogP contribution >= 0.6 is 34.8 Å². The first kappa shape index (κ1) is 37.6. The first-order valence-corrected chi connectivity index (χ1v) is 19.4. The predicted molar refractivity (Wildman–Crippen MR) is 198 cm³/mol. The summed E-state index contributed by atoms with van der Waals surface area (Å²) in [6, 6.07) is 13.3. The molecule has 4 aromatic rings. The predicted octanol–water partition coefficient (Wildman–Crippen LogP) is 9.61. The Morgan fingerprint density at radius 2 is 1.50 bits per heavy atom. The summed E-state index contributed by atoms with van der Waals surface area (Å²) in [4.78, 5) is 46.4. The number of rotatable bonds is 16. The number of carbonyl (C=O) groups excluding carboxylic acids is 2. The molecule has 5 rings (SSSR count). The van der Waals surface area contributed by atoms with E-state index in [4.69, 9.17) is 39.5 Å². The topological polar surface area (TPSA) is 128 Å². The lowest BCUT2D eigenvalue weighted by Gasteiger charge is -2.18. The van der Waals surface area contributed by atoms with Crippen LogP contribution in [0.5, 0.6) is 0 Å². The fourth-order valence-electron chi connectivity index (χ4n) is 5.98. The van der Waals surface area contributed by atoms with E-state index in [0.29, 0.717) is 12.0 Å². The summed E-state index contributed by atoms with van der Waals surface area (Å²) in [5.74, 6) is -0.912. The van der Waals surface area contributed by atoms with Gasteiger partial charge in [-0.25, -0.2) is 23.1 Å². The molecule has 1 aromatic heterocycles. The maximum absolute atomic E-state index is 14.0. The summed E-state index contributed by atoms with van der Waals surface area (Å²) in [6.07, 6.45) is 8.27. The number of unbranched alkanes of at least 4 members (excludes halogenated alkanes) is 9. The molecule has 10 nitrogen and oxygen atoms in total. The van der Waals surface area contributed by atoms with Crippen LogP contribution in [-0.2, 0) is 26.1 Å². The minimum absolute atomic E-state index is 0.00118. The van der Waals surface area contributed by atoms with E-state index in [2.05, 4.69) is 16.6 Å². The van der Waals surface area contributed by atoms with Gasteiger partial charge in [0.2, 0.25) is 6.10 Å². The number of hydrogen-bond acceptors (Lipinski definition) is 7. The lowest BCUT2D eigenvalue weighted by atomic mass is 10.1. The summed E-state index contributed by atoms with van der Waals surface area (Å²) in [7, 11) is -4.18. The maximum Gasteiger partial charge on any atom is 0.422 e. The third-order valence-electron chi connectivity index (χ3n) is 8.67. The van der Waals surface area contributed by atoms with Crippen LogP contribution in [-0.4, -0.2) is 30.0 Å². The molecule has 2 amide bonds. The van der Waals surface area contributed by atoms with E-state index in [1.807, 2.05) is 0 Å². The molecule has 14 heteroatoms. The zero-order chi connectivity index (χ0) is 36.0. The highest BCUT2D eigenvalue weighted by atomic mass is 35.5. The number of anilines is 2. The van der Waals surface area contributed by atoms with Gasteiger partial charge in [-0.05, 0) is 55.3 Å². The Morgan fingerprint density at radius 1 is 0.840 bits per heavy atom. The Morgan fingerprint density at radius 3 is 2.18 bits per heavy atom. The first-order valence-electron chi connectivity index (χ1n) is 16.7. The second kappa shape index (κ2) is 16.6. The van der Waals surface area contributed by atoms with Crippen LogP contribution in [0.15, 0.2) is 64.3 Å². The molecule has 3 aromatic carbocycles. The number of halogens is 3. The van der Waals surface area contributed by atoms with Crippen molar-refractivity contribution in [3.8, 4) is 0 Å². The van der Waals surface area contributed by atoms with Gasteiger partial charge in [-0.15, -0.1) is 0 Å². The van der Waals surface area contributed by atoms with Crippen LogP contribution in [0.4, 0.5) is 16.2 Å². The van der Waals surface area contributed by atoms with E-state index in [9.17, 15) is 22.8 Å². The lowest BCUT2D eigenvalue weighted by Crippen LogP contribution is -2.33. The lowest BCUT2D eigenvalue weighted by molar-refractivity contribution is -0.122. The summed E-state index contributed by atoms with van der Waals surface area (Å²) < 4.78 is 36.0. The van der Waals surface area contributed by atoms with Crippen molar-refractivity contribution in [2.24, 2.45) is 0 Å². The molecule has 1 unspecified atom stereocenters. The monoisotopic (exact) mass is 760 g/mol. The zero-order valence-electron chi connectivity index (χ0n) is 27.9. The highest BCUT2D eigenvalue weighted by molar-refractivity contribution is 7.92. The number of nitrogens with one attached hydrogen (secondary N) is 1. The quantitative estimate of drug-likeness (QED) is 0.113. The summed E-state index contributed by atoms with van der Waals surface area (Å²) >= 11 is 18.8. The standard InChI is InChI=1S/C36H39Cl3N4O6S/c1-3-4-5-6-7-8-9-10-11-14-19-42-33(40-31-26(34(42)44)20-24(37)21-28(31)39)32-35(45)43(36(46)49-32)30-22-25(18-17-23(30)2)50(47,48)41-29-16-13-12-15-27(29)38/h12-13,15-18,20-22,32,41H,3-11,14,19H2,1-2H3. The van der Waals surface area contributed by atoms with Crippen LogP contribution in [0, 0.1) is 6.92 Å². The Kier molecular flexibility index (Phi) is 12.5. The number of benzene rings is 3. The largest absolute Gasteiger partial charge is 0.427 e. The van der Waals surface area contributed by atoms with E-state index in [1.54, 1.807) is 19.1 Å². The highest BCUT2D eigenvalue weighted by Crippen LogP contribution is 2.36. The van der Waals surface area contributed by atoms with E-state index >= 15 is 0 Å². The highest BCUT2D eigenvalue weighted by Gasteiger charge is 2.46. The van der Waals surface area contributed by atoms with Crippen LogP contribution in [0.3, 0.4) is 0 Å². The molecule has 0 radical (unpaired) electrons. The van der Waals surface area contributed by atoms with E-state index in [-0.39, 0.29) is 54.6 Å². The van der Waals surface area contributed by atoms with Gasteiger partial charge in [0.1, 0.15) is 0 Å². The van der Waals surface area contributed by atoms with Gasteiger partial charge in [0.05, 0.1) is 37.2 Å². The van der Waals surface area contributed by atoms with Crippen LogP contribution < -0.4 is 15.2 Å². The number of fused-ring (bicyclic) bond motifs is 1. The van der Waals surface area contributed by atoms with Crippen molar-refractivity contribution in [3.05, 3.63) is 91.4 Å². The van der Waals surface area contributed by atoms with Gasteiger partial charge in [-0.1, -0.05) is 118 Å². The van der Waals surface area contributed by atoms with Crippen molar-refractivity contribution in [1.29, 1.82) is 0 Å². The first-order chi connectivity index (χ1) is 23.9.